The first-order chi connectivity index (χ1) is 9.00. The molecule has 0 spiro atoms. The number of amides is 1. The summed E-state index contributed by atoms with van der Waals surface area (Å²) < 4.78 is 1.04. The van der Waals surface area contributed by atoms with Crippen LogP contribution in [0.25, 0.3) is 0 Å². The van der Waals surface area contributed by atoms with Crippen molar-refractivity contribution in [1.29, 1.82) is 0 Å². The maximum Gasteiger partial charge on any atom is 0.227 e. The quantitative estimate of drug-likeness (QED) is 0.892. The second-order valence-electron chi connectivity index (χ2n) is 5.29. The number of halogens is 1. The zero-order chi connectivity index (χ0) is 14.0. The lowest BCUT2D eigenvalue weighted by molar-refractivity contribution is -0.128. The number of benzene rings is 1. The third kappa shape index (κ3) is 2.77. The molecule has 0 aliphatic carbocycles. The molecule has 1 aliphatic heterocycles. The third-order valence-electron chi connectivity index (χ3n) is 3.86. The van der Waals surface area contributed by atoms with Crippen molar-refractivity contribution in [2.75, 3.05) is 25.0 Å². The molecule has 4 nitrogen and oxygen atoms in total. The number of nitrogens with two attached hydrogens (primary N) is 1. The molecule has 19 heavy (non-hydrogen) atoms. The summed E-state index contributed by atoms with van der Waals surface area (Å²) in [5, 5.41) is 2.76. The Morgan fingerprint density at radius 2 is 2.32 bits per heavy atom. The first-order valence-electron chi connectivity index (χ1n) is 6.46. The highest BCUT2D eigenvalue weighted by Gasteiger charge is 2.40. The molecule has 1 aliphatic rings. The van der Waals surface area contributed by atoms with E-state index in [9.17, 15) is 4.79 Å². The molecule has 0 saturated carbocycles. The van der Waals surface area contributed by atoms with Crippen LogP contribution in [0.5, 0.6) is 0 Å². The van der Waals surface area contributed by atoms with Crippen LogP contribution in [0.3, 0.4) is 0 Å². The predicted molar refractivity (Wildman–Crippen MR) is 81.0 cm³/mol. The van der Waals surface area contributed by atoms with E-state index in [-0.39, 0.29) is 11.3 Å². The molecule has 5 heteroatoms. The fourth-order valence-electron chi connectivity index (χ4n) is 2.66. The SMILES string of the molecule is CNC(=O)C1(C)CCN(c2cc(Br)ccc2CN)C1. The Kier molecular flexibility index (Phi) is 4.16. The molecule has 1 aromatic carbocycles. The molecular formula is C14H20BrN3O. The minimum atomic E-state index is -0.317. The van der Waals surface area contributed by atoms with Crippen molar-refractivity contribution < 1.29 is 4.79 Å². The van der Waals surface area contributed by atoms with Crippen LogP contribution in [0, 0.1) is 5.41 Å². The standard InChI is InChI=1S/C14H20BrN3O/c1-14(13(19)17-2)5-6-18(9-14)12-7-11(15)4-3-10(12)8-16/h3-4,7H,5-6,8-9,16H2,1-2H3,(H,17,19). The van der Waals surface area contributed by atoms with Gasteiger partial charge in [0, 0.05) is 36.8 Å². The van der Waals surface area contributed by atoms with Crippen LogP contribution in [0.2, 0.25) is 0 Å². The lowest BCUT2D eigenvalue weighted by Crippen LogP contribution is -2.39. The maximum atomic E-state index is 12.0. The van der Waals surface area contributed by atoms with Gasteiger partial charge in [-0.1, -0.05) is 22.0 Å². The van der Waals surface area contributed by atoms with Gasteiger partial charge in [0.15, 0.2) is 0 Å². The van der Waals surface area contributed by atoms with Crippen LogP contribution < -0.4 is 16.0 Å². The molecule has 1 saturated heterocycles. The maximum absolute atomic E-state index is 12.0. The summed E-state index contributed by atoms with van der Waals surface area (Å²) >= 11 is 3.50. The Morgan fingerprint density at radius 1 is 1.58 bits per heavy atom. The number of hydrogen-bond acceptors (Lipinski definition) is 3. The number of carbonyl (C=O) groups is 1. The van der Waals surface area contributed by atoms with E-state index in [2.05, 4.69) is 32.2 Å². The third-order valence-corrected chi connectivity index (χ3v) is 4.35. The summed E-state index contributed by atoms with van der Waals surface area (Å²) in [6.45, 7) is 4.14. The topological polar surface area (TPSA) is 58.4 Å². The molecule has 1 heterocycles. The van der Waals surface area contributed by atoms with Gasteiger partial charge in [0.05, 0.1) is 5.41 Å². The van der Waals surface area contributed by atoms with Gasteiger partial charge in [-0.3, -0.25) is 4.79 Å². The van der Waals surface area contributed by atoms with E-state index in [0.717, 1.165) is 35.2 Å². The largest absolute Gasteiger partial charge is 0.370 e. The summed E-state index contributed by atoms with van der Waals surface area (Å²) in [6, 6.07) is 6.12. The van der Waals surface area contributed by atoms with E-state index >= 15 is 0 Å². The molecular weight excluding hydrogens is 306 g/mol. The normalized spacial score (nSPS) is 22.6. The van der Waals surface area contributed by atoms with Crippen molar-refractivity contribution in [3.05, 3.63) is 28.2 Å². The first-order valence-corrected chi connectivity index (χ1v) is 7.25. The van der Waals surface area contributed by atoms with E-state index in [1.807, 2.05) is 19.1 Å². The van der Waals surface area contributed by atoms with Gasteiger partial charge in [0.25, 0.3) is 0 Å². The molecule has 1 atom stereocenters. The molecule has 0 bridgehead atoms. The van der Waals surface area contributed by atoms with Gasteiger partial charge >= 0.3 is 0 Å². The molecule has 1 fully saturated rings. The Morgan fingerprint density at radius 3 is 2.95 bits per heavy atom. The van der Waals surface area contributed by atoms with Crippen LogP contribution in [-0.2, 0) is 11.3 Å². The number of hydrogen-bond donors (Lipinski definition) is 2. The van der Waals surface area contributed by atoms with Gasteiger partial charge in [-0.05, 0) is 31.0 Å². The summed E-state index contributed by atoms with van der Waals surface area (Å²) in [4.78, 5) is 14.2. The first kappa shape index (κ1) is 14.3. The predicted octanol–water partition coefficient (Wildman–Crippen LogP) is 1.87. The van der Waals surface area contributed by atoms with Gasteiger partial charge in [0.1, 0.15) is 0 Å². The van der Waals surface area contributed by atoms with Crippen molar-refractivity contribution in [1.82, 2.24) is 5.32 Å². The minimum absolute atomic E-state index is 0.110. The number of rotatable bonds is 3. The number of nitrogens with zero attached hydrogens (tertiary/aromatic N) is 1. The lowest BCUT2D eigenvalue weighted by atomic mass is 9.89. The zero-order valence-electron chi connectivity index (χ0n) is 11.4. The van der Waals surface area contributed by atoms with Crippen LogP contribution >= 0.6 is 15.9 Å². The van der Waals surface area contributed by atoms with Gasteiger partial charge in [-0.15, -0.1) is 0 Å². The molecule has 0 radical (unpaired) electrons. The van der Waals surface area contributed by atoms with Gasteiger partial charge in [-0.25, -0.2) is 0 Å². The van der Waals surface area contributed by atoms with E-state index in [0.29, 0.717) is 6.54 Å². The van der Waals surface area contributed by atoms with Crippen molar-refractivity contribution in [3.8, 4) is 0 Å². The Labute approximate surface area is 122 Å². The molecule has 1 aromatic rings. The highest BCUT2D eigenvalue weighted by atomic mass is 79.9. The van der Waals surface area contributed by atoms with Crippen molar-refractivity contribution in [3.63, 3.8) is 0 Å². The Balaban J connectivity index is 2.26. The number of anilines is 1. The smallest absolute Gasteiger partial charge is 0.227 e. The molecule has 1 amide bonds. The number of nitrogens with one attached hydrogen (secondary N) is 1. The summed E-state index contributed by atoms with van der Waals surface area (Å²) in [6.07, 6.45) is 0.864. The monoisotopic (exact) mass is 325 g/mol. The van der Waals surface area contributed by atoms with Gasteiger partial charge < -0.3 is 16.0 Å². The van der Waals surface area contributed by atoms with Crippen molar-refractivity contribution in [2.45, 2.75) is 19.9 Å². The summed E-state index contributed by atoms with van der Waals surface area (Å²) in [5.74, 6) is 0.110. The van der Waals surface area contributed by atoms with E-state index in [4.69, 9.17) is 5.73 Å². The Bertz CT molecular complexity index is 492. The van der Waals surface area contributed by atoms with Gasteiger partial charge in [0.2, 0.25) is 5.91 Å². The van der Waals surface area contributed by atoms with Crippen molar-refractivity contribution >= 4 is 27.5 Å². The molecule has 104 valence electrons. The summed E-state index contributed by atoms with van der Waals surface area (Å²) in [5.41, 5.74) is 7.73. The van der Waals surface area contributed by atoms with Gasteiger partial charge in [-0.2, -0.15) is 0 Å². The molecule has 3 N–H and O–H groups in total. The highest BCUT2D eigenvalue weighted by molar-refractivity contribution is 9.10. The van der Waals surface area contributed by atoms with Crippen LogP contribution in [0.4, 0.5) is 5.69 Å². The van der Waals surface area contributed by atoms with E-state index in [1.54, 1.807) is 7.05 Å². The average molecular weight is 326 g/mol. The van der Waals surface area contributed by atoms with Crippen LogP contribution in [-0.4, -0.2) is 26.0 Å². The van der Waals surface area contributed by atoms with Crippen LogP contribution in [0.1, 0.15) is 18.9 Å². The fourth-order valence-corrected chi connectivity index (χ4v) is 3.01. The van der Waals surface area contributed by atoms with Crippen LogP contribution in [0.15, 0.2) is 22.7 Å². The average Bonchev–Trinajstić information content (AvgIpc) is 2.81. The van der Waals surface area contributed by atoms with E-state index < -0.39 is 0 Å². The zero-order valence-corrected chi connectivity index (χ0v) is 13.0. The van der Waals surface area contributed by atoms with E-state index in [1.165, 1.54) is 0 Å². The lowest BCUT2D eigenvalue weighted by Gasteiger charge is -2.25. The van der Waals surface area contributed by atoms with Crippen molar-refractivity contribution in [2.24, 2.45) is 11.1 Å². The molecule has 0 aromatic heterocycles. The second-order valence-corrected chi connectivity index (χ2v) is 6.20. The Hall–Kier alpha value is -1.07. The second kappa shape index (κ2) is 5.51. The molecule has 2 rings (SSSR count). The fraction of sp³-hybridized carbons (Fsp3) is 0.500. The summed E-state index contributed by atoms with van der Waals surface area (Å²) in [7, 11) is 1.70. The number of carbonyl (C=O) groups excluding carboxylic acids is 1. The highest BCUT2D eigenvalue weighted by Crippen LogP contribution is 2.35. The molecule has 1 unspecified atom stereocenters. The minimum Gasteiger partial charge on any atom is -0.370 e.